The van der Waals surface area contributed by atoms with E-state index in [1.165, 1.54) is 24.8 Å². The number of nitrogens with zero attached hydrogens (tertiary/aromatic N) is 1. The summed E-state index contributed by atoms with van der Waals surface area (Å²) in [6.45, 7) is 4.61. The van der Waals surface area contributed by atoms with Gasteiger partial charge in [-0.1, -0.05) is 36.7 Å². The molecule has 3 aliphatic rings. The summed E-state index contributed by atoms with van der Waals surface area (Å²) in [5, 5.41) is 4.14. The SMILES string of the molecule is CO/N=C(\C=C\C[C@@H](C)C1=CC[C@H]2C(=O)CCC[C@]12C)C1CC1. The van der Waals surface area contributed by atoms with Gasteiger partial charge in [0.05, 0.1) is 5.71 Å². The normalized spacial score (nSPS) is 32.8. The average molecular weight is 315 g/mol. The van der Waals surface area contributed by atoms with E-state index >= 15 is 0 Å². The number of oxime groups is 1. The minimum Gasteiger partial charge on any atom is -0.399 e. The van der Waals surface area contributed by atoms with Gasteiger partial charge >= 0.3 is 0 Å². The Bertz CT molecular complexity index is 556. The van der Waals surface area contributed by atoms with Crippen molar-refractivity contribution in [1.29, 1.82) is 0 Å². The van der Waals surface area contributed by atoms with Gasteiger partial charge in [-0.05, 0) is 55.9 Å². The molecular formula is C20H29NO2. The van der Waals surface area contributed by atoms with Crippen molar-refractivity contribution in [3.05, 3.63) is 23.8 Å². The van der Waals surface area contributed by atoms with E-state index in [1.807, 2.05) is 0 Å². The van der Waals surface area contributed by atoms with Crippen LogP contribution < -0.4 is 0 Å². The Kier molecular flexibility index (Phi) is 4.74. The molecule has 0 unspecified atom stereocenters. The molecule has 0 amide bonds. The predicted molar refractivity (Wildman–Crippen MR) is 93.2 cm³/mol. The Labute approximate surface area is 139 Å². The maximum Gasteiger partial charge on any atom is 0.137 e. The summed E-state index contributed by atoms with van der Waals surface area (Å²) in [7, 11) is 1.61. The molecule has 0 spiro atoms. The molecule has 0 radical (unpaired) electrons. The Morgan fingerprint density at radius 1 is 1.52 bits per heavy atom. The number of fused-ring (bicyclic) bond motifs is 1. The third kappa shape index (κ3) is 3.29. The van der Waals surface area contributed by atoms with Crippen molar-refractivity contribution in [1.82, 2.24) is 0 Å². The molecule has 3 rings (SSSR count). The van der Waals surface area contributed by atoms with Crippen molar-refractivity contribution in [2.24, 2.45) is 28.3 Å². The Morgan fingerprint density at radius 2 is 2.30 bits per heavy atom. The molecule has 126 valence electrons. The van der Waals surface area contributed by atoms with Crippen LogP contribution in [0.4, 0.5) is 0 Å². The lowest BCUT2D eigenvalue weighted by molar-refractivity contribution is -0.128. The molecule has 0 heterocycles. The topological polar surface area (TPSA) is 38.7 Å². The fourth-order valence-electron chi connectivity index (χ4n) is 4.56. The third-order valence-electron chi connectivity index (χ3n) is 6.01. The van der Waals surface area contributed by atoms with Gasteiger partial charge in [-0.25, -0.2) is 0 Å². The number of allylic oxidation sites excluding steroid dienone is 4. The second-order valence-electron chi connectivity index (χ2n) is 7.70. The lowest BCUT2D eigenvalue weighted by Gasteiger charge is -2.40. The molecule has 0 aromatic heterocycles. The van der Waals surface area contributed by atoms with Crippen molar-refractivity contribution in [3.8, 4) is 0 Å². The fourth-order valence-corrected chi connectivity index (χ4v) is 4.56. The highest BCUT2D eigenvalue weighted by atomic mass is 16.6. The molecule has 0 bridgehead atoms. The zero-order valence-corrected chi connectivity index (χ0v) is 14.7. The van der Waals surface area contributed by atoms with Crippen molar-refractivity contribution >= 4 is 11.5 Å². The summed E-state index contributed by atoms with van der Waals surface area (Å²) in [5.74, 6) is 1.82. The summed E-state index contributed by atoms with van der Waals surface area (Å²) in [4.78, 5) is 17.2. The molecule has 0 aromatic carbocycles. The van der Waals surface area contributed by atoms with Crippen LogP contribution >= 0.6 is 0 Å². The minimum atomic E-state index is 0.114. The summed E-state index contributed by atoms with van der Waals surface area (Å²) >= 11 is 0. The highest BCUT2D eigenvalue weighted by Gasteiger charge is 2.47. The second kappa shape index (κ2) is 6.62. The van der Waals surface area contributed by atoms with Gasteiger partial charge < -0.3 is 4.84 Å². The van der Waals surface area contributed by atoms with E-state index in [-0.39, 0.29) is 11.3 Å². The van der Waals surface area contributed by atoms with Crippen LogP contribution in [0, 0.1) is 23.2 Å². The minimum absolute atomic E-state index is 0.114. The fraction of sp³-hybridized carbons (Fsp3) is 0.700. The number of hydrogen-bond donors (Lipinski definition) is 0. The average Bonchev–Trinajstić information content (AvgIpc) is 3.28. The van der Waals surface area contributed by atoms with E-state index in [1.54, 1.807) is 7.11 Å². The first-order valence-electron chi connectivity index (χ1n) is 9.07. The first-order valence-corrected chi connectivity index (χ1v) is 9.07. The van der Waals surface area contributed by atoms with Gasteiger partial charge in [0, 0.05) is 18.3 Å². The number of carbonyl (C=O) groups is 1. The largest absolute Gasteiger partial charge is 0.399 e. The number of Topliss-reactive ketones (excluding diaryl/α,β-unsaturated/α-hetero) is 1. The Hall–Kier alpha value is -1.38. The Morgan fingerprint density at radius 3 is 3.00 bits per heavy atom. The van der Waals surface area contributed by atoms with E-state index in [4.69, 9.17) is 4.84 Å². The molecule has 3 aliphatic carbocycles. The molecule has 3 heteroatoms. The molecule has 0 saturated heterocycles. The monoisotopic (exact) mass is 315 g/mol. The zero-order valence-electron chi connectivity index (χ0n) is 14.7. The first-order chi connectivity index (χ1) is 11.1. The number of carbonyl (C=O) groups excluding carboxylic acids is 1. The van der Waals surface area contributed by atoms with Gasteiger partial charge in [0.2, 0.25) is 0 Å². The highest BCUT2D eigenvalue weighted by Crippen LogP contribution is 2.53. The zero-order chi connectivity index (χ0) is 16.4. The molecular weight excluding hydrogens is 286 g/mol. The Balaban J connectivity index is 1.63. The van der Waals surface area contributed by atoms with Crippen molar-refractivity contribution in [2.75, 3.05) is 7.11 Å². The smallest absolute Gasteiger partial charge is 0.137 e. The number of hydrogen-bond acceptors (Lipinski definition) is 3. The summed E-state index contributed by atoms with van der Waals surface area (Å²) in [6, 6.07) is 0. The third-order valence-corrected chi connectivity index (χ3v) is 6.01. The van der Waals surface area contributed by atoms with E-state index in [2.05, 4.69) is 37.2 Å². The summed E-state index contributed by atoms with van der Waals surface area (Å²) in [5.41, 5.74) is 2.71. The van der Waals surface area contributed by atoms with Gasteiger partial charge in [0.1, 0.15) is 12.9 Å². The van der Waals surface area contributed by atoms with Crippen LogP contribution in [0.1, 0.15) is 58.8 Å². The van der Waals surface area contributed by atoms with Gasteiger partial charge in [0.15, 0.2) is 0 Å². The summed E-state index contributed by atoms with van der Waals surface area (Å²) in [6.07, 6.45) is 14.2. The number of rotatable bonds is 6. The van der Waals surface area contributed by atoms with Crippen LogP contribution in [0.2, 0.25) is 0 Å². The molecule has 0 aliphatic heterocycles. The van der Waals surface area contributed by atoms with Crippen LogP contribution in [0.15, 0.2) is 29.0 Å². The quantitative estimate of drug-likeness (QED) is 0.405. The van der Waals surface area contributed by atoms with Crippen molar-refractivity contribution in [2.45, 2.75) is 58.8 Å². The maximum atomic E-state index is 12.2. The van der Waals surface area contributed by atoms with Gasteiger partial charge in [0.25, 0.3) is 0 Å². The van der Waals surface area contributed by atoms with Crippen LogP contribution in [0.5, 0.6) is 0 Å². The van der Waals surface area contributed by atoms with Gasteiger partial charge in [-0.15, -0.1) is 0 Å². The highest BCUT2D eigenvalue weighted by molar-refractivity contribution is 5.98. The van der Waals surface area contributed by atoms with E-state index in [9.17, 15) is 4.79 Å². The van der Waals surface area contributed by atoms with Crippen molar-refractivity contribution < 1.29 is 9.63 Å². The maximum absolute atomic E-state index is 12.2. The number of ketones is 1. The van der Waals surface area contributed by atoms with Crippen LogP contribution in [0.3, 0.4) is 0 Å². The molecule has 23 heavy (non-hydrogen) atoms. The first kappa shape index (κ1) is 16.5. The lowest BCUT2D eigenvalue weighted by atomic mass is 9.63. The van der Waals surface area contributed by atoms with Crippen molar-refractivity contribution in [3.63, 3.8) is 0 Å². The van der Waals surface area contributed by atoms with Crippen LogP contribution in [-0.4, -0.2) is 18.6 Å². The predicted octanol–water partition coefficient (Wildman–Crippen LogP) is 4.69. The lowest BCUT2D eigenvalue weighted by Crippen LogP contribution is -2.36. The molecule has 2 fully saturated rings. The van der Waals surface area contributed by atoms with Gasteiger partial charge in [-0.2, -0.15) is 0 Å². The molecule has 3 atom stereocenters. The molecule has 0 N–H and O–H groups in total. The summed E-state index contributed by atoms with van der Waals surface area (Å²) < 4.78 is 0. The molecule has 0 aromatic rings. The van der Waals surface area contributed by atoms with E-state index in [0.29, 0.717) is 17.6 Å². The van der Waals surface area contributed by atoms with Crippen LogP contribution in [-0.2, 0) is 9.63 Å². The molecule has 2 saturated carbocycles. The van der Waals surface area contributed by atoms with Gasteiger partial charge in [-0.3, -0.25) is 4.79 Å². The molecule has 3 nitrogen and oxygen atoms in total. The van der Waals surface area contributed by atoms with E-state index < -0.39 is 0 Å². The standard InChI is InChI=1S/C20H29NO2/c1-14(6-4-7-18(21-23-3)15-9-10-15)16-11-12-17-19(22)8-5-13-20(16,17)2/h4,7,11,14-15,17H,5-6,8-10,12-13H2,1-3H3/b7-4+,21-18+/t14-,17+,20-/m1/s1. The van der Waals surface area contributed by atoms with E-state index in [0.717, 1.165) is 31.4 Å². The second-order valence-corrected chi connectivity index (χ2v) is 7.70. The van der Waals surface area contributed by atoms with Crippen LogP contribution in [0.25, 0.3) is 0 Å².